The lowest BCUT2D eigenvalue weighted by Gasteiger charge is -2.28. The average Bonchev–Trinajstić information content (AvgIpc) is 2.26. The monoisotopic (exact) mass is 232 g/mol. The molecule has 5 heteroatoms. The Morgan fingerprint density at radius 3 is 2.44 bits per heavy atom. The second-order valence-corrected chi connectivity index (χ2v) is 3.91. The summed E-state index contributed by atoms with van der Waals surface area (Å²) in [5.41, 5.74) is 5.60. The fourth-order valence-corrected chi connectivity index (χ4v) is 1.38. The van der Waals surface area contributed by atoms with Crippen molar-refractivity contribution in [3.05, 3.63) is 0 Å². The lowest BCUT2D eigenvalue weighted by atomic mass is 10.2. The van der Waals surface area contributed by atoms with Crippen molar-refractivity contribution >= 4 is 5.97 Å². The Labute approximate surface area is 97.9 Å². The molecular formula is C11H24N2O3. The van der Waals surface area contributed by atoms with Crippen molar-refractivity contribution in [2.24, 2.45) is 5.73 Å². The molecule has 0 bridgehead atoms. The van der Waals surface area contributed by atoms with Crippen molar-refractivity contribution < 1.29 is 14.3 Å². The second kappa shape index (κ2) is 8.50. The van der Waals surface area contributed by atoms with Crippen LogP contribution in [-0.2, 0) is 14.3 Å². The van der Waals surface area contributed by atoms with E-state index in [1.807, 2.05) is 25.7 Å². The zero-order valence-corrected chi connectivity index (χ0v) is 10.7. The van der Waals surface area contributed by atoms with Crippen LogP contribution in [0.4, 0.5) is 0 Å². The Morgan fingerprint density at radius 2 is 2.06 bits per heavy atom. The molecule has 0 amide bonds. The van der Waals surface area contributed by atoms with Crippen LogP contribution in [0.5, 0.6) is 0 Å². The third kappa shape index (κ3) is 6.05. The summed E-state index contributed by atoms with van der Waals surface area (Å²) in [6.07, 6.45) is -0.0305. The van der Waals surface area contributed by atoms with Gasteiger partial charge >= 0.3 is 5.97 Å². The highest BCUT2D eigenvalue weighted by Crippen LogP contribution is 2.02. The van der Waals surface area contributed by atoms with Crippen molar-refractivity contribution in [1.29, 1.82) is 0 Å². The summed E-state index contributed by atoms with van der Waals surface area (Å²) < 4.78 is 10.1. The van der Waals surface area contributed by atoms with E-state index in [1.54, 1.807) is 0 Å². The maximum Gasteiger partial charge on any atom is 0.319 e. The van der Waals surface area contributed by atoms with E-state index in [0.717, 1.165) is 0 Å². The van der Waals surface area contributed by atoms with Gasteiger partial charge in [-0.25, -0.2) is 0 Å². The van der Waals surface area contributed by atoms with Crippen LogP contribution in [0.3, 0.4) is 0 Å². The van der Waals surface area contributed by atoms with Crippen molar-refractivity contribution in [1.82, 2.24) is 4.90 Å². The molecule has 0 aliphatic carbocycles. The molecule has 1 atom stereocenters. The summed E-state index contributed by atoms with van der Waals surface area (Å²) in [6.45, 7) is 8.01. The van der Waals surface area contributed by atoms with Gasteiger partial charge in [-0.05, 0) is 20.8 Å². The summed E-state index contributed by atoms with van der Waals surface area (Å²) in [5.74, 6) is -0.235. The first-order valence-electron chi connectivity index (χ1n) is 5.67. The molecule has 96 valence electrons. The average molecular weight is 232 g/mol. The molecule has 0 aromatic heterocycles. The van der Waals surface area contributed by atoms with Crippen molar-refractivity contribution in [3.8, 4) is 0 Å². The van der Waals surface area contributed by atoms with E-state index in [1.165, 1.54) is 7.11 Å². The molecule has 0 aliphatic heterocycles. The molecule has 0 heterocycles. The lowest BCUT2D eigenvalue weighted by Crippen LogP contribution is -2.44. The first kappa shape index (κ1) is 15.3. The van der Waals surface area contributed by atoms with Crippen molar-refractivity contribution in [3.63, 3.8) is 0 Å². The Bertz CT molecular complexity index is 198. The molecular weight excluding hydrogens is 208 g/mol. The number of nitrogens with zero attached hydrogens (tertiary/aromatic N) is 1. The largest absolute Gasteiger partial charge is 0.468 e. The number of hydrogen-bond donors (Lipinski definition) is 1. The molecule has 0 aromatic carbocycles. The van der Waals surface area contributed by atoms with Gasteiger partial charge in [0.2, 0.25) is 0 Å². The van der Waals surface area contributed by atoms with Gasteiger partial charge in [-0.3, -0.25) is 9.69 Å². The van der Waals surface area contributed by atoms with Gasteiger partial charge in [0.25, 0.3) is 0 Å². The first-order chi connectivity index (χ1) is 7.54. The highest BCUT2D eigenvalue weighted by Gasteiger charge is 2.18. The fourth-order valence-electron chi connectivity index (χ4n) is 1.38. The molecule has 2 N–H and O–H groups in total. The van der Waals surface area contributed by atoms with Crippen LogP contribution >= 0.6 is 0 Å². The van der Waals surface area contributed by atoms with Crippen LogP contribution < -0.4 is 5.73 Å². The topological polar surface area (TPSA) is 64.8 Å². The second-order valence-electron chi connectivity index (χ2n) is 3.91. The third-order valence-electron chi connectivity index (χ3n) is 2.39. The molecule has 1 unspecified atom stereocenters. The normalized spacial score (nSPS) is 13.2. The standard InChI is InChI=1S/C11H24N2O3/c1-5-16-10(6-12)7-13(9(2)3)8-11(14)15-4/h9-10H,5-8,12H2,1-4H3. The highest BCUT2D eigenvalue weighted by atomic mass is 16.5. The Kier molecular flexibility index (Phi) is 8.15. The van der Waals surface area contributed by atoms with Crippen LogP contribution in [0.15, 0.2) is 0 Å². The lowest BCUT2D eigenvalue weighted by molar-refractivity contribution is -0.142. The zero-order chi connectivity index (χ0) is 12.6. The van der Waals surface area contributed by atoms with Gasteiger partial charge in [-0.15, -0.1) is 0 Å². The summed E-state index contributed by atoms with van der Waals surface area (Å²) in [7, 11) is 1.39. The van der Waals surface area contributed by atoms with E-state index in [4.69, 9.17) is 10.5 Å². The number of esters is 1. The molecule has 0 saturated carbocycles. The van der Waals surface area contributed by atoms with Crippen molar-refractivity contribution in [2.45, 2.75) is 32.9 Å². The Hall–Kier alpha value is -0.650. The molecule has 0 radical (unpaired) electrons. The van der Waals surface area contributed by atoms with Gasteiger partial charge in [0.15, 0.2) is 0 Å². The smallest absolute Gasteiger partial charge is 0.319 e. The summed E-state index contributed by atoms with van der Waals surface area (Å²) in [5, 5.41) is 0. The van der Waals surface area contributed by atoms with Crippen molar-refractivity contribution in [2.75, 3.05) is 33.4 Å². The van der Waals surface area contributed by atoms with E-state index in [-0.39, 0.29) is 24.7 Å². The van der Waals surface area contributed by atoms with Gasteiger partial charge in [-0.1, -0.05) is 0 Å². The maximum absolute atomic E-state index is 11.2. The number of carbonyl (C=O) groups excluding carboxylic acids is 1. The van der Waals surface area contributed by atoms with Crippen LogP contribution in [0.25, 0.3) is 0 Å². The summed E-state index contributed by atoms with van der Waals surface area (Å²) in [6, 6.07) is 0.258. The molecule has 0 aliphatic rings. The van der Waals surface area contributed by atoms with E-state index >= 15 is 0 Å². The molecule has 0 spiro atoms. The minimum Gasteiger partial charge on any atom is -0.468 e. The zero-order valence-electron chi connectivity index (χ0n) is 10.7. The number of rotatable bonds is 8. The molecule has 16 heavy (non-hydrogen) atoms. The SMILES string of the molecule is CCOC(CN)CN(CC(=O)OC)C(C)C. The molecule has 0 aromatic rings. The van der Waals surface area contributed by atoms with E-state index in [2.05, 4.69) is 4.74 Å². The predicted octanol–water partition coefficient (Wildman–Crippen LogP) is 0.234. The molecule has 0 rings (SSSR count). The first-order valence-corrected chi connectivity index (χ1v) is 5.67. The number of carbonyl (C=O) groups is 1. The van der Waals surface area contributed by atoms with Gasteiger partial charge in [0, 0.05) is 25.7 Å². The van der Waals surface area contributed by atoms with Crippen LogP contribution in [0.1, 0.15) is 20.8 Å². The van der Waals surface area contributed by atoms with Gasteiger partial charge in [-0.2, -0.15) is 0 Å². The minimum absolute atomic E-state index is 0.0305. The maximum atomic E-state index is 11.2. The van der Waals surface area contributed by atoms with Crippen LogP contribution in [0, 0.1) is 0 Å². The summed E-state index contributed by atoms with van der Waals surface area (Å²) >= 11 is 0. The summed E-state index contributed by atoms with van der Waals surface area (Å²) in [4.78, 5) is 13.2. The van der Waals surface area contributed by atoms with E-state index in [0.29, 0.717) is 19.7 Å². The van der Waals surface area contributed by atoms with Crippen LogP contribution in [-0.4, -0.2) is 56.4 Å². The van der Waals surface area contributed by atoms with Gasteiger partial charge < -0.3 is 15.2 Å². The van der Waals surface area contributed by atoms with Gasteiger partial charge in [0.05, 0.1) is 19.8 Å². The fraction of sp³-hybridized carbons (Fsp3) is 0.909. The molecule has 0 saturated heterocycles. The minimum atomic E-state index is -0.235. The Morgan fingerprint density at radius 1 is 1.44 bits per heavy atom. The highest BCUT2D eigenvalue weighted by molar-refractivity contribution is 5.71. The molecule has 0 fully saturated rings. The van der Waals surface area contributed by atoms with Crippen LogP contribution in [0.2, 0.25) is 0 Å². The number of hydrogen-bond acceptors (Lipinski definition) is 5. The van der Waals surface area contributed by atoms with E-state index < -0.39 is 0 Å². The van der Waals surface area contributed by atoms with E-state index in [9.17, 15) is 4.79 Å². The quantitative estimate of drug-likeness (QED) is 0.607. The van der Waals surface area contributed by atoms with Gasteiger partial charge in [0.1, 0.15) is 0 Å². The number of ether oxygens (including phenoxy) is 2. The third-order valence-corrected chi connectivity index (χ3v) is 2.39. The Balaban J connectivity index is 4.25. The molecule has 5 nitrogen and oxygen atoms in total. The predicted molar refractivity (Wildman–Crippen MR) is 63.2 cm³/mol. The number of nitrogens with two attached hydrogens (primary N) is 1. The number of methoxy groups -OCH3 is 1.